The predicted octanol–water partition coefficient (Wildman–Crippen LogP) is 11.4. The fraction of sp³-hybridized carbons (Fsp3) is 0.429. The fourth-order valence-corrected chi connectivity index (χ4v) is 6.16. The summed E-state index contributed by atoms with van der Waals surface area (Å²) in [5.41, 5.74) is 17.5. The van der Waals surface area contributed by atoms with E-state index < -0.39 is 0 Å². The maximum absolute atomic E-state index is 6.34. The number of methoxy groups -OCH3 is 1. The maximum Gasteiger partial charge on any atom is 0.137 e. The van der Waals surface area contributed by atoms with Gasteiger partial charge in [-0.1, -0.05) is 131 Å². The predicted molar refractivity (Wildman–Crippen MR) is 204 cm³/mol. The first-order valence-electron chi connectivity index (χ1n) is 16.7. The van der Waals surface area contributed by atoms with Gasteiger partial charge in [-0.25, -0.2) is 0 Å². The molecule has 0 aromatic heterocycles. The summed E-state index contributed by atoms with van der Waals surface area (Å²) in [5.74, 6) is 2.93. The van der Waals surface area contributed by atoms with Crippen molar-refractivity contribution in [2.75, 3.05) is 7.11 Å². The summed E-state index contributed by atoms with van der Waals surface area (Å²) in [5, 5.41) is 0.673. The van der Waals surface area contributed by atoms with Gasteiger partial charge in [-0.05, 0) is 116 Å². The van der Waals surface area contributed by atoms with Gasteiger partial charge < -0.3 is 16.2 Å². The standard InChI is InChI=1S/C40H56ClNO.C2H5N/c1-28(2)23-38(25-30(4)29(3)15-13-19-36-21-22-40(43-9)39(41)27-36)32(6)26-37(20-14-16-33(7)42)34(8)31(5)24-35-17-11-10-12-18-35;1-2-3/h10-12,14,16-18,21-22,27-29,34,37-38H,4-7,13,15,19-20,23-26,42H2,1-3,8-9H3;2H,1,3H2/b16-14+;/t29?,34?,37-,38?;/m1./s1. The third-order valence-corrected chi connectivity index (χ3v) is 9.07. The van der Waals surface area contributed by atoms with Crippen LogP contribution in [0.15, 0.2) is 122 Å². The molecule has 0 heterocycles. The van der Waals surface area contributed by atoms with E-state index in [9.17, 15) is 0 Å². The van der Waals surface area contributed by atoms with Crippen LogP contribution in [0.5, 0.6) is 5.75 Å². The van der Waals surface area contributed by atoms with E-state index >= 15 is 0 Å². The van der Waals surface area contributed by atoms with Gasteiger partial charge in [0.1, 0.15) is 5.75 Å². The molecule has 0 amide bonds. The number of aryl methyl sites for hydroxylation is 1. The first-order chi connectivity index (χ1) is 21.8. The topological polar surface area (TPSA) is 61.3 Å². The molecule has 46 heavy (non-hydrogen) atoms. The van der Waals surface area contributed by atoms with Crippen molar-refractivity contribution in [2.24, 2.45) is 41.1 Å². The minimum Gasteiger partial charge on any atom is -0.495 e. The zero-order valence-electron chi connectivity index (χ0n) is 29.4. The van der Waals surface area contributed by atoms with E-state index in [-0.39, 0.29) is 0 Å². The molecule has 0 saturated carbocycles. The number of rotatable bonds is 20. The van der Waals surface area contributed by atoms with E-state index in [1.165, 1.54) is 34.0 Å². The van der Waals surface area contributed by atoms with Crippen LogP contribution in [-0.4, -0.2) is 7.11 Å². The average Bonchev–Trinajstić information content (AvgIpc) is 3.00. The molecule has 0 aliphatic rings. The van der Waals surface area contributed by atoms with Crippen LogP contribution in [0.3, 0.4) is 0 Å². The Bertz CT molecular complexity index is 1280. The SMILES string of the molecule is C=C(N)/C=C/C[C@H](CC(=C)C(CC(=C)C(C)CCCc1ccc(OC)c(Cl)c1)CC(C)C)C(C)C(=C)Cc1ccccc1.C=CN. The number of halogens is 1. The van der Waals surface area contributed by atoms with Crippen molar-refractivity contribution in [1.82, 2.24) is 0 Å². The Balaban J connectivity index is 0.00000338. The highest BCUT2D eigenvalue weighted by Gasteiger charge is 2.25. The molecule has 252 valence electrons. The molecule has 2 aromatic carbocycles. The molecule has 0 radical (unpaired) electrons. The van der Waals surface area contributed by atoms with Crippen LogP contribution in [0, 0.1) is 29.6 Å². The summed E-state index contributed by atoms with van der Waals surface area (Å²) in [7, 11) is 1.65. The van der Waals surface area contributed by atoms with Crippen molar-refractivity contribution in [1.29, 1.82) is 0 Å². The number of hydrogen-bond donors (Lipinski definition) is 2. The molecular weight excluding hydrogens is 584 g/mol. The lowest BCUT2D eigenvalue weighted by molar-refractivity contribution is 0.362. The lowest BCUT2D eigenvalue weighted by Gasteiger charge is -2.30. The highest BCUT2D eigenvalue weighted by atomic mass is 35.5. The van der Waals surface area contributed by atoms with Crippen molar-refractivity contribution < 1.29 is 4.74 Å². The zero-order chi connectivity index (χ0) is 34.6. The molecule has 4 N–H and O–H groups in total. The Labute approximate surface area is 286 Å². The van der Waals surface area contributed by atoms with E-state index in [2.05, 4.69) is 102 Å². The molecule has 0 fully saturated rings. The van der Waals surface area contributed by atoms with E-state index in [0.29, 0.717) is 40.3 Å². The second kappa shape index (κ2) is 22.2. The number of hydrogen-bond acceptors (Lipinski definition) is 3. The van der Waals surface area contributed by atoms with E-state index in [1.807, 2.05) is 18.2 Å². The van der Waals surface area contributed by atoms with Gasteiger partial charge in [0.2, 0.25) is 0 Å². The number of nitrogens with two attached hydrogens (primary N) is 2. The third-order valence-electron chi connectivity index (χ3n) is 8.78. The number of benzene rings is 2. The van der Waals surface area contributed by atoms with Crippen LogP contribution in [0.4, 0.5) is 0 Å². The molecular formula is C42H61ClN2O. The largest absolute Gasteiger partial charge is 0.495 e. The van der Waals surface area contributed by atoms with Gasteiger partial charge in [0, 0.05) is 5.70 Å². The van der Waals surface area contributed by atoms with Crippen molar-refractivity contribution in [3.63, 3.8) is 0 Å². The third kappa shape index (κ3) is 15.7. The molecule has 0 spiro atoms. The van der Waals surface area contributed by atoms with Gasteiger partial charge in [-0.15, -0.1) is 0 Å². The average molecular weight is 645 g/mol. The van der Waals surface area contributed by atoms with Crippen LogP contribution in [-0.2, 0) is 12.8 Å². The molecule has 2 aromatic rings. The summed E-state index contributed by atoms with van der Waals surface area (Å²) in [6.45, 7) is 30.0. The first kappa shape index (κ1) is 40.6. The van der Waals surface area contributed by atoms with Gasteiger partial charge >= 0.3 is 0 Å². The quantitative estimate of drug-likeness (QED) is 0.111. The highest BCUT2D eigenvalue weighted by molar-refractivity contribution is 6.32. The van der Waals surface area contributed by atoms with Crippen molar-refractivity contribution >= 4 is 11.6 Å². The molecule has 0 saturated heterocycles. The van der Waals surface area contributed by atoms with Gasteiger partial charge in [-0.3, -0.25) is 0 Å². The van der Waals surface area contributed by atoms with E-state index in [4.69, 9.17) is 28.7 Å². The number of ether oxygens (including phenoxy) is 1. The Morgan fingerprint density at radius 3 is 2.13 bits per heavy atom. The minimum atomic E-state index is 0.348. The van der Waals surface area contributed by atoms with Crippen LogP contribution >= 0.6 is 11.6 Å². The highest BCUT2D eigenvalue weighted by Crippen LogP contribution is 2.37. The van der Waals surface area contributed by atoms with Crippen LogP contribution < -0.4 is 16.2 Å². The van der Waals surface area contributed by atoms with E-state index in [1.54, 1.807) is 7.11 Å². The summed E-state index contributed by atoms with van der Waals surface area (Å²) in [6.07, 6.45) is 13.4. The molecule has 0 aliphatic heterocycles. The number of allylic oxidation sites excluding steroid dienone is 5. The zero-order valence-corrected chi connectivity index (χ0v) is 30.1. The first-order valence-corrected chi connectivity index (χ1v) is 17.0. The molecule has 2 rings (SSSR count). The molecule has 3 unspecified atom stereocenters. The van der Waals surface area contributed by atoms with Crippen LogP contribution in [0.25, 0.3) is 0 Å². The van der Waals surface area contributed by atoms with Gasteiger partial charge in [0.05, 0.1) is 12.1 Å². The van der Waals surface area contributed by atoms with Crippen molar-refractivity contribution in [3.8, 4) is 5.75 Å². The van der Waals surface area contributed by atoms with Crippen LogP contribution in [0.1, 0.15) is 77.3 Å². The monoisotopic (exact) mass is 644 g/mol. The van der Waals surface area contributed by atoms with Crippen molar-refractivity contribution in [2.45, 2.75) is 79.1 Å². The second-order valence-electron chi connectivity index (χ2n) is 13.1. The molecule has 0 aliphatic carbocycles. The Kier molecular flexibility index (Phi) is 19.6. The summed E-state index contributed by atoms with van der Waals surface area (Å²) in [6, 6.07) is 16.7. The second-order valence-corrected chi connectivity index (χ2v) is 13.5. The molecule has 0 bridgehead atoms. The van der Waals surface area contributed by atoms with Gasteiger partial charge in [-0.2, -0.15) is 0 Å². The van der Waals surface area contributed by atoms with Crippen molar-refractivity contribution in [3.05, 3.63) is 138 Å². The lowest BCUT2D eigenvalue weighted by Crippen LogP contribution is -2.19. The van der Waals surface area contributed by atoms with Crippen LogP contribution in [0.2, 0.25) is 5.02 Å². The van der Waals surface area contributed by atoms with Gasteiger partial charge in [0.25, 0.3) is 0 Å². The normalized spacial score (nSPS) is 13.6. The maximum atomic E-state index is 6.34. The Hall–Kier alpha value is -3.43. The fourth-order valence-electron chi connectivity index (χ4n) is 5.88. The van der Waals surface area contributed by atoms with E-state index in [0.717, 1.165) is 57.1 Å². The minimum absolute atomic E-state index is 0.348. The lowest BCUT2D eigenvalue weighted by atomic mass is 9.75. The smallest absolute Gasteiger partial charge is 0.137 e. The summed E-state index contributed by atoms with van der Waals surface area (Å²) >= 11 is 6.34. The molecule has 4 heteroatoms. The Morgan fingerprint density at radius 2 is 1.57 bits per heavy atom. The molecule has 3 nitrogen and oxygen atoms in total. The summed E-state index contributed by atoms with van der Waals surface area (Å²) in [4.78, 5) is 0. The Morgan fingerprint density at radius 1 is 0.913 bits per heavy atom. The summed E-state index contributed by atoms with van der Waals surface area (Å²) < 4.78 is 5.29. The molecule has 4 atom stereocenters. The van der Waals surface area contributed by atoms with Gasteiger partial charge in [0.15, 0.2) is 0 Å².